The molecule has 5 nitrogen and oxygen atoms in total. The summed E-state index contributed by atoms with van der Waals surface area (Å²) in [7, 11) is 0. The van der Waals surface area contributed by atoms with Crippen molar-refractivity contribution in [2.75, 3.05) is 0 Å². The Hall–Kier alpha value is -1.95. The Morgan fingerprint density at radius 2 is 2.28 bits per heavy atom. The normalized spacial score (nSPS) is 10.6. The molecule has 0 bridgehead atoms. The average Bonchev–Trinajstić information content (AvgIpc) is 2.85. The van der Waals surface area contributed by atoms with E-state index in [9.17, 15) is 4.39 Å². The first kappa shape index (κ1) is 12.5. The second-order valence-corrected chi connectivity index (χ2v) is 3.66. The smallest absolute Gasteiger partial charge is 0.226 e. The first-order chi connectivity index (χ1) is 8.72. The third-order valence-corrected chi connectivity index (χ3v) is 2.36. The van der Waals surface area contributed by atoms with Crippen molar-refractivity contribution in [3.8, 4) is 5.75 Å². The van der Waals surface area contributed by atoms with Crippen LogP contribution in [0.5, 0.6) is 5.75 Å². The highest BCUT2D eigenvalue weighted by atomic mass is 19.1. The van der Waals surface area contributed by atoms with Crippen LogP contribution in [-0.2, 0) is 19.6 Å². The van der Waals surface area contributed by atoms with Gasteiger partial charge in [-0.05, 0) is 18.2 Å². The first-order valence-corrected chi connectivity index (χ1v) is 5.56. The number of hydrogen-bond donors (Lipinski definition) is 1. The molecule has 0 aliphatic heterocycles. The maximum Gasteiger partial charge on any atom is 0.226 e. The highest BCUT2D eigenvalue weighted by Gasteiger charge is 2.08. The molecule has 96 valence electrons. The minimum absolute atomic E-state index is 0.113. The molecule has 1 aromatic carbocycles. The molecule has 0 radical (unpaired) electrons. The molecule has 0 saturated heterocycles. The van der Waals surface area contributed by atoms with E-state index in [0.717, 1.165) is 0 Å². The Morgan fingerprint density at radius 3 is 2.94 bits per heavy atom. The van der Waals surface area contributed by atoms with Gasteiger partial charge in [-0.25, -0.2) is 4.39 Å². The van der Waals surface area contributed by atoms with Gasteiger partial charge in [-0.1, -0.05) is 12.1 Å². The molecule has 1 heterocycles. The Morgan fingerprint density at radius 1 is 1.44 bits per heavy atom. The number of aliphatic hydroxyl groups excluding tert-OH is 1. The second-order valence-electron chi connectivity index (χ2n) is 3.66. The fourth-order valence-corrected chi connectivity index (χ4v) is 1.45. The first-order valence-electron chi connectivity index (χ1n) is 5.56. The van der Waals surface area contributed by atoms with Crippen molar-refractivity contribution in [2.45, 2.75) is 26.6 Å². The van der Waals surface area contributed by atoms with Gasteiger partial charge in [-0.2, -0.15) is 4.98 Å². The third-order valence-electron chi connectivity index (χ3n) is 2.36. The zero-order valence-electron chi connectivity index (χ0n) is 9.89. The van der Waals surface area contributed by atoms with Gasteiger partial charge >= 0.3 is 0 Å². The van der Waals surface area contributed by atoms with Gasteiger partial charge in [0.1, 0.15) is 11.6 Å². The van der Waals surface area contributed by atoms with E-state index < -0.39 is 5.82 Å². The van der Waals surface area contributed by atoms with Crippen LogP contribution in [0.1, 0.15) is 24.2 Å². The maximum absolute atomic E-state index is 12.9. The zero-order chi connectivity index (χ0) is 13.0. The summed E-state index contributed by atoms with van der Waals surface area (Å²) in [6.07, 6.45) is 0.658. The number of nitrogens with zero attached hydrogens (tertiary/aromatic N) is 2. The lowest BCUT2D eigenvalue weighted by molar-refractivity contribution is 0.252. The monoisotopic (exact) mass is 252 g/mol. The number of aromatic nitrogens is 2. The van der Waals surface area contributed by atoms with E-state index in [1.54, 1.807) is 0 Å². The molecule has 0 saturated carbocycles. The molecule has 0 unspecified atom stereocenters. The van der Waals surface area contributed by atoms with Crippen molar-refractivity contribution in [3.05, 3.63) is 41.3 Å². The van der Waals surface area contributed by atoms with Crippen LogP contribution in [0.2, 0.25) is 0 Å². The van der Waals surface area contributed by atoms with Gasteiger partial charge in [-0.3, -0.25) is 0 Å². The molecule has 0 amide bonds. The molecule has 0 atom stereocenters. The summed E-state index contributed by atoms with van der Waals surface area (Å²) in [5.41, 5.74) is 0.384. The van der Waals surface area contributed by atoms with Gasteiger partial charge in [0.15, 0.2) is 6.61 Å². The lowest BCUT2D eigenvalue weighted by atomic mass is 10.2. The molecule has 2 rings (SSSR count). The predicted molar refractivity (Wildman–Crippen MR) is 60.3 cm³/mol. The molecule has 0 aliphatic rings. The predicted octanol–water partition coefficient (Wildman–Crippen LogP) is 1.84. The van der Waals surface area contributed by atoms with Crippen molar-refractivity contribution in [2.24, 2.45) is 0 Å². The molecule has 0 fully saturated rings. The summed E-state index contributed by atoms with van der Waals surface area (Å²) in [5, 5.41) is 12.8. The summed E-state index contributed by atoms with van der Waals surface area (Å²) in [4.78, 5) is 4.08. The summed E-state index contributed by atoms with van der Waals surface area (Å²) in [5.74, 6) is 0.941. The Bertz CT molecular complexity index is 528. The number of aryl methyl sites for hydroxylation is 1. The van der Waals surface area contributed by atoms with E-state index in [4.69, 9.17) is 14.4 Å². The minimum atomic E-state index is -0.417. The molecule has 1 N–H and O–H groups in total. The summed E-state index contributed by atoms with van der Waals surface area (Å²) in [6, 6.07) is 3.95. The van der Waals surface area contributed by atoms with Gasteiger partial charge in [0.05, 0.1) is 6.61 Å². The van der Waals surface area contributed by atoms with Gasteiger partial charge < -0.3 is 14.4 Å². The van der Waals surface area contributed by atoms with Crippen LogP contribution >= 0.6 is 0 Å². The highest BCUT2D eigenvalue weighted by molar-refractivity contribution is 5.33. The number of halogens is 1. The number of aliphatic hydroxyl groups is 1. The van der Waals surface area contributed by atoms with Crippen molar-refractivity contribution in [3.63, 3.8) is 0 Å². The maximum atomic E-state index is 12.9. The molecule has 6 heteroatoms. The Labute approximate surface area is 103 Å². The van der Waals surface area contributed by atoms with Crippen molar-refractivity contribution < 1.29 is 18.8 Å². The van der Waals surface area contributed by atoms with E-state index in [0.29, 0.717) is 29.4 Å². The van der Waals surface area contributed by atoms with Crippen molar-refractivity contribution in [1.29, 1.82) is 0 Å². The van der Waals surface area contributed by atoms with E-state index >= 15 is 0 Å². The fourth-order valence-electron chi connectivity index (χ4n) is 1.45. The quantitative estimate of drug-likeness (QED) is 0.879. The molecular weight excluding hydrogens is 239 g/mol. The van der Waals surface area contributed by atoms with Crippen LogP contribution < -0.4 is 4.74 Å². The highest BCUT2D eigenvalue weighted by Crippen LogP contribution is 2.20. The van der Waals surface area contributed by atoms with Gasteiger partial charge in [-0.15, -0.1) is 0 Å². The molecule has 1 aromatic heterocycles. The number of hydrogen-bond acceptors (Lipinski definition) is 5. The lowest BCUT2D eigenvalue weighted by Crippen LogP contribution is -2.01. The fraction of sp³-hybridized carbons (Fsp3) is 0.333. The molecule has 0 spiro atoms. The summed E-state index contributed by atoms with van der Waals surface area (Å²) in [6.45, 7) is 1.73. The summed E-state index contributed by atoms with van der Waals surface area (Å²) < 4.78 is 23.3. The van der Waals surface area contributed by atoms with E-state index in [2.05, 4.69) is 10.1 Å². The van der Waals surface area contributed by atoms with Gasteiger partial charge in [0.25, 0.3) is 0 Å². The number of rotatable bonds is 5. The van der Waals surface area contributed by atoms with Gasteiger partial charge in [0, 0.05) is 12.0 Å². The Balaban J connectivity index is 2.05. The van der Waals surface area contributed by atoms with Crippen LogP contribution in [0, 0.1) is 5.82 Å². The molecular formula is C12H13FN2O3. The van der Waals surface area contributed by atoms with Crippen molar-refractivity contribution >= 4 is 0 Å². The SMILES string of the molecule is CCc1nc(COc2ccc(F)cc2CO)no1. The average molecular weight is 252 g/mol. The number of benzene rings is 1. The van der Waals surface area contributed by atoms with Crippen LogP contribution in [0.25, 0.3) is 0 Å². The van der Waals surface area contributed by atoms with Crippen LogP contribution in [-0.4, -0.2) is 15.2 Å². The van der Waals surface area contributed by atoms with Crippen LogP contribution in [0.15, 0.2) is 22.7 Å². The Kier molecular flexibility index (Phi) is 3.88. The van der Waals surface area contributed by atoms with Crippen molar-refractivity contribution in [1.82, 2.24) is 10.1 Å². The zero-order valence-corrected chi connectivity index (χ0v) is 9.89. The molecule has 18 heavy (non-hydrogen) atoms. The molecule has 2 aromatic rings. The van der Waals surface area contributed by atoms with E-state index in [1.165, 1.54) is 18.2 Å². The molecule has 0 aliphatic carbocycles. The van der Waals surface area contributed by atoms with Crippen LogP contribution in [0.3, 0.4) is 0 Å². The lowest BCUT2D eigenvalue weighted by Gasteiger charge is -2.07. The second kappa shape index (κ2) is 5.59. The van der Waals surface area contributed by atoms with Crippen LogP contribution in [0.4, 0.5) is 4.39 Å². The summed E-state index contributed by atoms with van der Waals surface area (Å²) >= 11 is 0. The van der Waals surface area contributed by atoms with E-state index in [-0.39, 0.29) is 13.2 Å². The number of ether oxygens (including phenoxy) is 1. The topological polar surface area (TPSA) is 68.4 Å². The van der Waals surface area contributed by atoms with Gasteiger partial charge in [0.2, 0.25) is 11.7 Å². The van der Waals surface area contributed by atoms with E-state index in [1.807, 2.05) is 6.92 Å². The largest absolute Gasteiger partial charge is 0.485 e. The standard InChI is InChI=1S/C12H13FN2O3/c1-2-12-14-11(15-18-12)7-17-10-4-3-9(13)5-8(10)6-16/h3-5,16H,2,6-7H2,1H3. The third kappa shape index (κ3) is 2.84. The minimum Gasteiger partial charge on any atom is -0.485 e.